The van der Waals surface area contributed by atoms with Crippen LogP contribution in [0, 0.1) is 17.1 Å². The van der Waals surface area contributed by atoms with Crippen molar-refractivity contribution in [2.75, 3.05) is 5.32 Å². The van der Waals surface area contributed by atoms with Gasteiger partial charge in [0.2, 0.25) is 0 Å². The molecule has 0 saturated carbocycles. The SMILES string of the molecule is CC(C)Oc1ccc(NCc2ccc(F)c(C#N)c2)cc1C(N)=O. The van der Waals surface area contributed by atoms with Crippen LogP contribution in [0.1, 0.15) is 35.3 Å². The smallest absolute Gasteiger partial charge is 0.252 e. The van der Waals surface area contributed by atoms with Crippen LogP contribution < -0.4 is 15.8 Å². The predicted molar refractivity (Wildman–Crippen MR) is 89.2 cm³/mol. The van der Waals surface area contributed by atoms with E-state index in [1.54, 1.807) is 30.3 Å². The highest BCUT2D eigenvalue weighted by atomic mass is 19.1. The Balaban J connectivity index is 2.17. The molecular weight excluding hydrogens is 309 g/mol. The average molecular weight is 327 g/mol. The molecule has 0 atom stereocenters. The molecule has 0 aliphatic heterocycles. The molecule has 0 aliphatic rings. The van der Waals surface area contributed by atoms with Crippen molar-refractivity contribution >= 4 is 11.6 Å². The van der Waals surface area contributed by atoms with Crippen LogP contribution >= 0.6 is 0 Å². The van der Waals surface area contributed by atoms with Gasteiger partial charge in [0, 0.05) is 12.2 Å². The number of nitriles is 1. The van der Waals surface area contributed by atoms with Gasteiger partial charge in [-0.3, -0.25) is 4.79 Å². The number of benzene rings is 2. The van der Waals surface area contributed by atoms with Gasteiger partial charge in [0.1, 0.15) is 17.6 Å². The van der Waals surface area contributed by atoms with Crippen LogP contribution in [0.25, 0.3) is 0 Å². The van der Waals surface area contributed by atoms with Crippen molar-refractivity contribution < 1.29 is 13.9 Å². The molecule has 0 fully saturated rings. The van der Waals surface area contributed by atoms with E-state index >= 15 is 0 Å². The number of hydrogen-bond acceptors (Lipinski definition) is 4. The summed E-state index contributed by atoms with van der Waals surface area (Å²) >= 11 is 0. The minimum Gasteiger partial charge on any atom is -0.490 e. The number of nitrogens with zero attached hydrogens (tertiary/aromatic N) is 1. The van der Waals surface area contributed by atoms with Gasteiger partial charge in [-0.1, -0.05) is 6.07 Å². The van der Waals surface area contributed by atoms with E-state index in [4.69, 9.17) is 15.7 Å². The lowest BCUT2D eigenvalue weighted by Crippen LogP contribution is -2.16. The summed E-state index contributed by atoms with van der Waals surface area (Å²) in [6.07, 6.45) is -0.0782. The highest BCUT2D eigenvalue weighted by molar-refractivity contribution is 5.96. The zero-order chi connectivity index (χ0) is 17.7. The standard InChI is InChI=1S/C18H18FN3O2/c1-11(2)24-17-6-4-14(8-15(17)18(21)23)22-10-12-3-5-16(19)13(7-12)9-20/h3-8,11,22H,10H2,1-2H3,(H2,21,23). The summed E-state index contributed by atoms with van der Waals surface area (Å²) in [4.78, 5) is 11.6. The maximum Gasteiger partial charge on any atom is 0.252 e. The van der Waals surface area contributed by atoms with Crippen LogP contribution in [0.5, 0.6) is 5.75 Å². The number of nitrogens with one attached hydrogen (secondary N) is 1. The zero-order valence-electron chi connectivity index (χ0n) is 13.5. The first kappa shape index (κ1) is 17.3. The molecule has 24 heavy (non-hydrogen) atoms. The topological polar surface area (TPSA) is 88.1 Å². The van der Waals surface area contributed by atoms with Crippen LogP contribution in [-0.4, -0.2) is 12.0 Å². The maximum absolute atomic E-state index is 13.3. The number of ether oxygens (including phenoxy) is 1. The van der Waals surface area contributed by atoms with Crippen LogP contribution in [0.4, 0.5) is 10.1 Å². The molecule has 2 rings (SSSR count). The van der Waals surface area contributed by atoms with Gasteiger partial charge < -0.3 is 15.8 Å². The number of primary amides is 1. The highest BCUT2D eigenvalue weighted by Crippen LogP contribution is 2.24. The summed E-state index contributed by atoms with van der Waals surface area (Å²) in [5.74, 6) is -0.702. The van der Waals surface area contributed by atoms with Gasteiger partial charge in [-0.05, 0) is 49.7 Å². The Labute approximate surface area is 139 Å². The van der Waals surface area contributed by atoms with Gasteiger partial charge in [0.05, 0.1) is 17.2 Å². The Morgan fingerprint density at radius 1 is 1.33 bits per heavy atom. The van der Waals surface area contributed by atoms with Gasteiger partial charge in [-0.25, -0.2) is 4.39 Å². The maximum atomic E-state index is 13.3. The normalized spacial score (nSPS) is 10.3. The number of amides is 1. The fraction of sp³-hybridized carbons (Fsp3) is 0.222. The summed E-state index contributed by atoms with van der Waals surface area (Å²) in [6.45, 7) is 4.09. The Bertz CT molecular complexity index is 797. The molecule has 2 aromatic carbocycles. The van der Waals surface area contributed by atoms with Crippen molar-refractivity contribution in [1.82, 2.24) is 0 Å². The van der Waals surface area contributed by atoms with Crippen molar-refractivity contribution in [1.29, 1.82) is 5.26 Å². The Kier molecular flexibility index (Phi) is 5.38. The molecule has 5 nitrogen and oxygen atoms in total. The Morgan fingerprint density at radius 2 is 2.08 bits per heavy atom. The third-order valence-electron chi connectivity index (χ3n) is 3.26. The van der Waals surface area contributed by atoms with Crippen LogP contribution in [0.3, 0.4) is 0 Å². The highest BCUT2D eigenvalue weighted by Gasteiger charge is 2.12. The van der Waals surface area contributed by atoms with Crippen molar-refractivity contribution in [3.05, 3.63) is 58.9 Å². The lowest BCUT2D eigenvalue weighted by atomic mass is 10.1. The fourth-order valence-electron chi connectivity index (χ4n) is 2.16. The molecule has 3 N–H and O–H groups in total. The average Bonchev–Trinajstić information content (AvgIpc) is 2.54. The molecule has 6 heteroatoms. The van der Waals surface area contributed by atoms with E-state index in [1.807, 2.05) is 13.8 Å². The second-order valence-corrected chi connectivity index (χ2v) is 5.52. The third-order valence-corrected chi connectivity index (χ3v) is 3.26. The monoisotopic (exact) mass is 327 g/mol. The fourth-order valence-corrected chi connectivity index (χ4v) is 2.16. The minimum atomic E-state index is -0.581. The molecule has 2 aromatic rings. The predicted octanol–water partition coefficient (Wildman–Crippen LogP) is 3.20. The van der Waals surface area contributed by atoms with E-state index in [9.17, 15) is 9.18 Å². The van der Waals surface area contributed by atoms with Gasteiger partial charge in [0.15, 0.2) is 0 Å². The number of carbonyl (C=O) groups is 1. The number of halogens is 1. The van der Waals surface area contributed by atoms with E-state index < -0.39 is 11.7 Å². The largest absolute Gasteiger partial charge is 0.490 e. The van der Waals surface area contributed by atoms with Crippen molar-refractivity contribution in [3.8, 4) is 11.8 Å². The molecule has 0 unspecified atom stereocenters. The van der Waals surface area contributed by atoms with E-state index in [0.717, 1.165) is 5.56 Å². The molecule has 0 aromatic heterocycles. The van der Waals surface area contributed by atoms with Crippen LogP contribution in [-0.2, 0) is 6.54 Å². The first-order valence-corrected chi connectivity index (χ1v) is 7.43. The number of anilines is 1. The van der Waals surface area contributed by atoms with E-state index in [-0.39, 0.29) is 17.2 Å². The Hall–Kier alpha value is -3.07. The second kappa shape index (κ2) is 7.47. The summed E-state index contributed by atoms with van der Waals surface area (Å²) in [5, 5.41) is 12.0. The van der Waals surface area contributed by atoms with Crippen molar-refractivity contribution in [2.45, 2.75) is 26.5 Å². The van der Waals surface area contributed by atoms with Gasteiger partial charge in [0.25, 0.3) is 5.91 Å². The lowest BCUT2D eigenvalue weighted by molar-refractivity contribution is 0.0994. The van der Waals surface area contributed by atoms with Gasteiger partial charge in [-0.15, -0.1) is 0 Å². The van der Waals surface area contributed by atoms with E-state index in [2.05, 4.69) is 5.32 Å². The number of nitrogens with two attached hydrogens (primary N) is 1. The number of hydrogen-bond donors (Lipinski definition) is 2. The summed E-state index contributed by atoms with van der Waals surface area (Å²) in [6, 6.07) is 11.2. The molecule has 124 valence electrons. The summed E-state index contributed by atoms with van der Waals surface area (Å²) in [5.41, 5.74) is 7.09. The lowest BCUT2D eigenvalue weighted by Gasteiger charge is -2.14. The quantitative estimate of drug-likeness (QED) is 0.853. The minimum absolute atomic E-state index is 0.00666. The summed E-state index contributed by atoms with van der Waals surface area (Å²) < 4.78 is 18.9. The van der Waals surface area contributed by atoms with Gasteiger partial charge in [-0.2, -0.15) is 5.26 Å². The molecule has 0 bridgehead atoms. The molecule has 0 heterocycles. The van der Waals surface area contributed by atoms with Crippen molar-refractivity contribution in [2.24, 2.45) is 5.73 Å². The first-order chi connectivity index (χ1) is 11.4. The van der Waals surface area contributed by atoms with Crippen molar-refractivity contribution in [3.63, 3.8) is 0 Å². The van der Waals surface area contributed by atoms with E-state index in [0.29, 0.717) is 18.0 Å². The molecule has 0 spiro atoms. The summed E-state index contributed by atoms with van der Waals surface area (Å²) in [7, 11) is 0. The Morgan fingerprint density at radius 3 is 2.71 bits per heavy atom. The number of rotatable bonds is 6. The molecule has 1 amide bonds. The number of carbonyl (C=O) groups excluding carboxylic acids is 1. The van der Waals surface area contributed by atoms with Gasteiger partial charge >= 0.3 is 0 Å². The molecule has 0 radical (unpaired) electrons. The zero-order valence-corrected chi connectivity index (χ0v) is 13.5. The van der Waals surface area contributed by atoms with Crippen LogP contribution in [0.2, 0.25) is 0 Å². The molecule has 0 saturated heterocycles. The third kappa shape index (κ3) is 4.23. The molecule has 0 aliphatic carbocycles. The molecular formula is C18H18FN3O2. The second-order valence-electron chi connectivity index (χ2n) is 5.52. The van der Waals surface area contributed by atoms with E-state index in [1.165, 1.54) is 12.1 Å². The first-order valence-electron chi connectivity index (χ1n) is 7.43. The van der Waals surface area contributed by atoms with Crippen LogP contribution in [0.15, 0.2) is 36.4 Å².